The lowest BCUT2D eigenvalue weighted by Crippen LogP contribution is -2.42. The number of guanidine groups is 1. The molecule has 0 bridgehead atoms. The zero-order chi connectivity index (χ0) is 10.5. The Morgan fingerprint density at radius 2 is 2.13 bits per heavy atom. The van der Waals surface area contributed by atoms with Crippen LogP contribution in [0.15, 0.2) is 4.99 Å². The summed E-state index contributed by atoms with van der Waals surface area (Å²) < 4.78 is 0. The van der Waals surface area contributed by atoms with E-state index < -0.39 is 0 Å². The van der Waals surface area contributed by atoms with Crippen LogP contribution in [0.5, 0.6) is 0 Å². The lowest BCUT2D eigenvalue weighted by molar-refractivity contribution is 0.455. The molecule has 2 fully saturated rings. The Hall–Kier alpha value is -0.0300. The van der Waals surface area contributed by atoms with Crippen LogP contribution >= 0.6 is 23.5 Å². The van der Waals surface area contributed by atoms with Crippen LogP contribution in [0.1, 0.15) is 12.8 Å². The normalized spacial score (nSPS) is 28.4. The van der Waals surface area contributed by atoms with Crippen molar-refractivity contribution in [2.75, 3.05) is 36.9 Å². The summed E-state index contributed by atoms with van der Waals surface area (Å²) in [5.41, 5.74) is 5.98. The molecule has 2 aliphatic rings. The van der Waals surface area contributed by atoms with E-state index in [1.807, 2.05) is 23.5 Å². The monoisotopic (exact) mass is 245 g/mol. The summed E-state index contributed by atoms with van der Waals surface area (Å²) in [6.07, 6.45) is 2.67. The van der Waals surface area contributed by atoms with E-state index in [1.54, 1.807) is 0 Å². The molecule has 0 aromatic heterocycles. The van der Waals surface area contributed by atoms with E-state index in [-0.39, 0.29) is 0 Å². The molecule has 15 heavy (non-hydrogen) atoms. The van der Waals surface area contributed by atoms with Gasteiger partial charge in [-0.05, 0) is 18.6 Å². The minimum Gasteiger partial charge on any atom is -0.370 e. The first-order chi connectivity index (χ1) is 7.36. The van der Waals surface area contributed by atoms with Gasteiger partial charge >= 0.3 is 0 Å². The SMILES string of the molecule is NC(=NCC1CCCS1)N1CCSCC1. The molecule has 0 aromatic carbocycles. The number of nitrogens with zero attached hydrogens (tertiary/aromatic N) is 2. The maximum absolute atomic E-state index is 5.98. The van der Waals surface area contributed by atoms with Crippen molar-refractivity contribution in [3.63, 3.8) is 0 Å². The van der Waals surface area contributed by atoms with Crippen LogP contribution in [-0.4, -0.2) is 53.0 Å². The van der Waals surface area contributed by atoms with Crippen molar-refractivity contribution in [2.45, 2.75) is 18.1 Å². The Labute approximate surface area is 100 Å². The van der Waals surface area contributed by atoms with E-state index >= 15 is 0 Å². The molecule has 2 saturated heterocycles. The molecule has 1 unspecified atom stereocenters. The van der Waals surface area contributed by atoms with Crippen molar-refractivity contribution in [1.82, 2.24) is 4.90 Å². The molecule has 0 spiro atoms. The van der Waals surface area contributed by atoms with Crippen LogP contribution in [-0.2, 0) is 0 Å². The second-order valence-electron chi connectivity index (χ2n) is 3.93. The molecule has 0 radical (unpaired) electrons. The second kappa shape index (κ2) is 5.89. The van der Waals surface area contributed by atoms with Gasteiger partial charge in [0, 0.05) is 29.8 Å². The molecule has 0 amide bonds. The van der Waals surface area contributed by atoms with E-state index in [2.05, 4.69) is 9.89 Å². The summed E-state index contributed by atoms with van der Waals surface area (Å²) in [4.78, 5) is 6.74. The molecule has 86 valence electrons. The van der Waals surface area contributed by atoms with Crippen molar-refractivity contribution >= 4 is 29.5 Å². The van der Waals surface area contributed by atoms with E-state index in [0.29, 0.717) is 0 Å². The van der Waals surface area contributed by atoms with E-state index in [9.17, 15) is 0 Å². The predicted molar refractivity (Wildman–Crippen MR) is 70.9 cm³/mol. The standard InChI is InChI=1S/C10H19N3S2/c11-10(13-3-6-14-7-4-13)12-8-9-2-1-5-15-9/h9H,1-8H2,(H2,11,12). The van der Waals surface area contributed by atoms with E-state index in [0.717, 1.165) is 30.8 Å². The largest absolute Gasteiger partial charge is 0.370 e. The van der Waals surface area contributed by atoms with E-state index in [1.165, 1.54) is 30.1 Å². The third-order valence-corrected chi connectivity index (χ3v) is 5.14. The smallest absolute Gasteiger partial charge is 0.191 e. The van der Waals surface area contributed by atoms with Crippen molar-refractivity contribution in [3.05, 3.63) is 0 Å². The van der Waals surface area contributed by atoms with Crippen molar-refractivity contribution < 1.29 is 0 Å². The Kier molecular flexibility index (Phi) is 4.50. The Morgan fingerprint density at radius 1 is 1.33 bits per heavy atom. The Balaban J connectivity index is 1.77. The van der Waals surface area contributed by atoms with Gasteiger partial charge in [-0.3, -0.25) is 4.99 Å². The Bertz CT molecular complexity index is 221. The molecule has 2 rings (SSSR count). The number of rotatable bonds is 2. The molecule has 0 aliphatic carbocycles. The molecule has 2 heterocycles. The number of aliphatic imine (C=N–C) groups is 1. The van der Waals surface area contributed by atoms with Gasteiger partial charge in [0.05, 0.1) is 6.54 Å². The molecule has 3 nitrogen and oxygen atoms in total. The lowest BCUT2D eigenvalue weighted by Gasteiger charge is -2.27. The maximum Gasteiger partial charge on any atom is 0.191 e. The molecule has 0 aromatic rings. The van der Waals surface area contributed by atoms with Crippen molar-refractivity contribution in [1.29, 1.82) is 0 Å². The number of nitrogens with two attached hydrogens (primary N) is 1. The first-order valence-electron chi connectivity index (χ1n) is 5.60. The number of hydrogen-bond acceptors (Lipinski definition) is 3. The summed E-state index contributed by atoms with van der Waals surface area (Å²) in [6.45, 7) is 3.05. The predicted octanol–water partition coefficient (Wildman–Crippen LogP) is 1.25. The van der Waals surface area contributed by atoms with Gasteiger partial charge in [-0.25, -0.2) is 0 Å². The van der Waals surface area contributed by atoms with Gasteiger partial charge in [0.1, 0.15) is 0 Å². The fourth-order valence-electron chi connectivity index (χ4n) is 1.88. The summed E-state index contributed by atoms with van der Waals surface area (Å²) in [6, 6.07) is 0. The Morgan fingerprint density at radius 3 is 2.80 bits per heavy atom. The molecular weight excluding hydrogens is 226 g/mol. The fraction of sp³-hybridized carbons (Fsp3) is 0.900. The fourth-order valence-corrected chi connectivity index (χ4v) is 3.96. The summed E-state index contributed by atoms with van der Waals surface area (Å²) in [5.74, 6) is 4.45. The summed E-state index contributed by atoms with van der Waals surface area (Å²) in [7, 11) is 0. The van der Waals surface area contributed by atoms with Gasteiger partial charge in [-0.15, -0.1) is 0 Å². The first kappa shape index (κ1) is 11.5. The quantitative estimate of drug-likeness (QED) is 0.587. The second-order valence-corrected chi connectivity index (χ2v) is 6.57. The molecule has 5 heteroatoms. The van der Waals surface area contributed by atoms with Gasteiger partial charge < -0.3 is 10.6 Å². The van der Waals surface area contributed by atoms with Crippen molar-refractivity contribution in [2.24, 2.45) is 10.7 Å². The number of thioether (sulfide) groups is 2. The topological polar surface area (TPSA) is 41.6 Å². The van der Waals surface area contributed by atoms with Gasteiger partial charge in [0.25, 0.3) is 0 Å². The van der Waals surface area contributed by atoms with Gasteiger partial charge in [-0.1, -0.05) is 0 Å². The minimum atomic E-state index is 0.725. The molecule has 2 aliphatic heterocycles. The molecule has 0 saturated carbocycles. The average Bonchev–Trinajstić information content (AvgIpc) is 2.80. The average molecular weight is 245 g/mol. The van der Waals surface area contributed by atoms with Gasteiger partial charge in [0.2, 0.25) is 0 Å². The van der Waals surface area contributed by atoms with Crippen LogP contribution in [0.2, 0.25) is 0 Å². The molecule has 2 N–H and O–H groups in total. The van der Waals surface area contributed by atoms with Crippen LogP contribution in [0.25, 0.3) is 0 Å². The summed E-state index contributed by atoms with van der Waals surface area (Å²) >= 11 is 4.05. The third-order valence-electron chi connectivity index (χ3n) is 2.82. The lowest BCUT2D eigenvalue weighted by atomic mass is 10.2. The van der Waals surface area contributed by atoms with Gasteiger partial charge in [0.15, 0.2) is 5.96 Å². The number of hydrogen-bond donors (Lipinski definition) is 1. The molecular formula is C10H19N3S2. The molecule has 1 atom stereocenters. The highest BCUT2D eigenvalue weighted by molar-refractivity contribution is 8.00. The maximum atomic E-state index is 5.98. The summed E-state index contributed by atoms with van der Waals surface area (Å²) in [5, 5.41) is 0.725. The first-order valence-corrected chi connectivity index (χ1v) is 7.81. The highest BCUT2D eigenvalue weighted by atomic mass is 32.2. The minimum absolute atomic E-state index is 0.725. The third kappa shape index (κ3) is 3.48. The van der Waals surface area contributed by atoms with Crippen LogP contribution in [0, 0.1) is 0 Å². The van der Waals surface area contributed by atoms with Crippen LogP contribution < -0.4 is 5.73 Å². The van der Waals surface area contributed by atoms with Crippen molar-refractivity contribution in [3.8, 4) is 0 Å². The highest BCUT2D eigenvalue weighted by Gasteiger charge is 2.16. The van der Waals surface area contributed by atoms with E-state index in [4.69, 9.17) is 5.73 Å². The van der Waals surface area contributed by atoms with Crippen LogP contribution in [0.3, 0.4) is 0 Å². The highest BCUT2D eigenvalue weighted by Crippen LogP contribution is 2.26. The zero-order valence-corrected chi connectivity index (χ0v) is 10.7. The zero-order valence-electron chi connectivity index (χ0n) is 9.02. The van der Waals surface area contributed by atoms with Gasteiger partial charge in [-0.2, -0.15) is 23.5 Å². The van der Waals surface area contributed by atoms with Crippen LogP contribution in [0.4, 0.5) is 0 Å².